The minimum absolute atomic E-state index is 0.266. The zero-order valence-corrected chi connectivity index (χ0v) is 17.1. The number of hydrogen-bond acceptors (Lipinski definition) is 3. The average molecular weight is 505 g/mol. The molecule has 0 unspecified atom stereocenters. The Morgan fingerprint density at radius 3 is 2.61 bits per heavy atom. The molecule has 0 bridgehead atoms. The number of ether oxygens (including phenoxy) is 1. The highest BCUT2D eigenvalue weighted by Gasteiger charge is 2.08. The van der Waals surface area contributed by atoms with E-state index in [-0.39, 0.29) is 5.91 Å². The molecule has 1 heterocycles. The molecule has 0 saturated heterocycles. The topological polar surface area (TPSA) is 51.2 Å². The van der Waals surface area contributed by atoms with Gasteiger partial charge in [0.1, 0.15) is 11.6 Å². The molecular formula is C16H13Br3N2O2. The van der Waals surface area contributed by atoms with Gasteiger partial charge >= 0.3 is 0 Å². The smallest absolute Gasteiger partial charge is 0.249 e. The van der Waals surface area contributed by atoms with Gasteiger partial charge in [-0.05, 0) is 69.1 Å². The molecule has 0 spiro atoms. The van der Waals surface area contributed by atoms with Crippen LogP contribution >= 0.6 is 47.8 Å². The monoisotopic (exact) mass is 502 g/mol. The molecule has 1 amide bonds. The quantitative estimate of drug-likeness (QED) is 0.572. The maximum absolute atomic E-state index is 12.0. The van der Waals surface area contributed by atoms with Crippen molar-refractivity contribution in [3.63, 3.8) is 0 Å². The first-order valence-corrected chi connectivity index (χ1v) is 8.94. The summed E-state index contributed by atoms with van der Waals surface area (Å²) in [7, 11) is 1.58. The lowest BCUT2D eigenvalue weighted by Gasteiger charge is -2.08. The summed E-state index contributed by atoms with van der Waals surface area (Å²) in [6.07, 6.45) is 3.13. The maximum atomic E-state index is 12.0. The molecule has 0 atom stereocenters. The van der Waals surface area contributed by atoms with Gasteiger partial charge in [0.25, 0.3) is 0 Å². The van der Waals surface area contributed by atoms with Crippen molar-refractivity contribution in [1.82, 2.24) is 4.98 Å². The summed E-state index contributed by atoms with van der Waals surface area (Å²) >= 11 is 10.2. The van der Waals surface area contributed by atoms with Crippen LogP contribution in [-0.2, 0) is 4.79 Å². The fourth-order valence-corrected chi connectivity index (χ4v) is 3.51. The Bertz CT molecular complexity index is 776. The third-order valence-corrected chi connectivity index (χ3v) is 4.81. The van der Waals surface area contributed by atoms with Crippen LogP contribution in [0.3, 0.4) is 0 Å². The summed E-state index contributed by atoms with van der Waals surface area (Å²) in [4.78, 5) is 16.3. The van der Waals surface area contributed by atoms with Gasteiger partial charge in [-0.15, -0.1) is 0 Å². The largest absolute Gasteiger partial charge is 0.495 e. The lowest BCUT2D eigenvalue weighted by atomic mass is 10.2. The van der Waals surface area contributed by atoms with Gasteiger partial charge in [0.15, 0.2) is 0 Å². The van der Waals surface area contributed by atoms with Crippen molar-refractivity contribution in [2.24, 2.45) is 0 Å². The summed E-state index contributed by atoms with van der Waals surface area (Å²) in [5.41, 5.74) is 1.59. The number of aromatic nitrogens is 1. The van der Waals surface area contributed by atoms with Crippen molar-refractivity contribution in [2.75, 3.05) is 12.4 Å². The molecular weight excluding hydrogens is 492 g/mol. The molecule has 120 valence electrons. The highest BCUT2D eigenvalue weighted by molar-refractivity contribution is 9.11. The summed E-state index contributed by atoms with van der Waals surface area (Å²) < 4.78 is 7.93. The molecule has 0 fully saturated rings. The van der Waals surface area contributed by atoms with Crippen LogP contribution in [0.1, 0.15) is 11.3 Å². The second kappa shape index (κ2) is 8.08. The Hall–Kier alpha value is -1.18. The number of rotatable bonds is 4. The second-order valence-electron chi connectivity index (χ2n) is 4.60. The minimum atomic E-state index is -0.266. The van der Waals surface area contributed by atoms with Crippen LogP contribution < -0.4 is 10.1 Å². The Morgan fingerprint density at radius 2 is 1.96 bits per heavy atom. The number of carbonyl (C=O) groups excluding carboxylic acids is 1. The molecule has 1 N–H and O–H groups in total. The number of amides is 1. The Kier molecular flexibility index (Phi) is 6.38. The first-order chi connectivity index (χ1) is 10.9. The van der Waals surface area contributed by atoms with Crippen LogP contribution in [0, 0.1) is 6.92 Å². The van der Waals surface area contributed by atoms with Gasteiger partial charge in [-0.1, -0.05) is 15.9 Å². The molecule has 2 rings (SSSR count). The SMILES string of the molecule is COc1c(Br)cc(Br)cc1C=CC(=O)Nc1ccc(Br)c(C)n1. The number of carbonyl (C=O) groups is 1. The van der Waals surface area contributed by atoms with E-state index >= 15 is 0 Å². The standard InChI is InChI=1S/C16H13Br3N2O2/c1-9-12(18)4-5-14(20-9)21-15(22)6-3-10-7-11(17)8-13(19)16(10)23-2/h3-8H,1-2H3,(H,20,21,22). The lowest BCUT2D eigenvalue weighted by molar-refractivity contribution is -0.111. The van der Waals surface area contributed by atoms with E-state index < -0.39 is 0 Å². The van der Waals surface area contributed by atoms with E-state index in [9.17, 15) is 4.79 Å². The van der Waals surface area contributed by atoms with Gasteiger partial charge in [-0.25, -0.2) is 4.98 Å². The average Bonchev–Trinajstić information content (AvgIpc) is 2.48. The molecule has 0 radical (unpaired) electrons. The van der Waals surface area contributed by atoms with Gasteiger partial charge in [0.05, 0.1) is 17.3 Å². The molecule has 1 aromatic carbocycles. The van der Waals surface area contributed by atoms with Crippen LogP contribution in [0.2, 0.25) is 0 Å². The van der Waals surface area contributed by atoms with Crippen molar-refractivity contribution in [3.8, 4) is 5.75 Å². The first-order valence-electron chi connectivity index (χ1n) is 6.56. The Labute approximate surface area is 159 Å². The molecule has 0 aliphatic heterocycles. The number of anilines is 1. The molecule has 23 heavy (non-hydrogen) atoms. The lowest BCUT2D eigenvalue weighted by Crippen LogP contribution is -2.09. The third kappa shape index (κ3) is 4.89. The molecule has 7 heteroatoms. The van der Waals surface area contributed by atoms with Crippen LogP contribution in [0.15, 0.2) is 43.8 Å². The Balaban J connectivity index is 2.16. The van der Waals surface area contributed by atoms with E-state index in [1.165, 1.54) is 6.08 Å². The van der Waals surface area contributed by atoms with E-state index in [1.807, 2.05) is 25.1 Å². The van der Waals surface area contributed by atoms with E-state index in [0.29, 0.717) is 11.6 Å². The summed E-state index contributed by atoms with van der Waals surface area (Å²) in [5.74, 6) is 0.898. The van der Waals surface area contributed by atoms with E-state index in [4.69, 9.17) is 4.74 Å². The fraction of sp³-hybridized carbons (Fsp3) is 0.125. The number of methoxy groups -OCH3 is 1. The highest BCUT2D eigenvalue weighted by atomic mass is 79.9. The fourth-order valence-electron chi connectivity index (χ4n) is 1.87. The predicted octanol–water partition coefficient (Wildman–Crippen LogP) is 5.34. The minimum Gasteiger partial charge on any atom is -0.495 e. The molecule has 0 saturated carbocycles. The first kappa shape index (κ1) is 18.2. The van der Waals surface area contributed by atoms with Crippen LogP contribution in [0.5, 0.6) is 5.75 Å². The molecule has 4 nitrogen and oxygen atoms in total. The van der Waals surface area contributed by atoms with Crippen molar-refractivity contribution in [3.05, 3.63) is 55.0 Å². The molecule has 0 aliphatic rings. The normalized spacial score (nSPS) is 10.8. The van der Waals surface area contributed by atoms with E-state index in [0.717, 1.165) is 24.7 Å². The number of halogens is 3. The van der Waals surface area contributed by atoms with Gasteiger partial charge in [0, 0.05) is 20.6 Å². The van der Waals surface area contributed by atoms with Crippen molar-refractivity contribution >= 4 is 65.6 Å². The second-order valence-corrected chi connectivity index (χ2v) is 7.22. The molecule has 1 aromatic heterocycles. The molecule has 0 aliphatic carbocycles. The number of nitrogens with one attached hydrogen (secondary N) is 1. The number of benzene rings is 1. The number of nitrogens with zero attached hydrogens (tertiary/aromatic N) is 1. The summed E-state index contributed by atoms with van der Waals surface area (Å²) in [6, 6.07) is 7.33. The Morgan fingerprint density at radius 1 is 1.22 bits per heavy atom. The predicted molar refractivity (Wildman–Crippen MR) is 103 cm³/mol. The number of hydrogen-bond donors (Lipinski definition) is 1. The van der Waals surface area contributed by atoms with Gasteiger partial charge in [0.2, 0.25) is 5.91 Å². The van der Waals surface area contributed by atoms with E-state index in [2.05, 4.69) is 58.1 Å². The van der Waals surface area contributed by atoms with Crippen molar-refractivity contribution in [1.29, 1.82) is 0 Å². The van der Waals surface area contributed by atoms with Crippen LogP contribution in [0.25, 0.3) is 6.08 Å². The van der Waals surface area contributed by atoms with Crippen molar-refractivity contribution < 1.29 is 9.53 Å². The van der Waals surface area contributed by atoms with Crippen LogP contribution in [0.4, 0.5) is 5.82 Å². The number of aryl methyl sites for hydroxylation is 1. The highest BCUT2D eigenvalue weighted by Crippen LogP contribution is 2.33. The summed E-state index contributed by atoms with van der Waals surface area (Å²) in [5, 5.41) is 2.72. The van der Waals surface area contributed by atoms with Crippen LogP contribution in [-0.4, -0.2) is 18.0 Å². The zero-order valence-electron chi connectivity index (χ0n) is 12.4. The maximum Gasteiger partial charge on any atom is 0.249 e. The van der Waals surface area contributed by atoms with Crippen molar-refractivity contribution in [2.45, 2.75) is 6.92 Å². The van der Waals surface area contributed by atoms with Gasteiger partial charge in [-0.3, -0.25) is 4.79 Å². The van der Waals surface area contributed by atoms with Gasteiger partial charge < -0.3 is 10.1 Å². The number of pyridine rings is 1. The zero-order chi connectivity index (χ0) is 17.0. The van der Waals surface area contributed by atoms with Gasteiger partial charge in [-0.2, -0.15) is 0 Å². The summed E-state index contributed by atoms with van der Waals surface area (Å²) in [6.45, 7) is 1.86. The van der Waals surface area contributed by atoms with E-state index in [1.54, 1.807) is 19.3 Å². The molecule has 2 aromatic rings. The third-order valence-electron chi connectivity index (χ3n) is 2.93.